The Morgan fingerprint density at radius 3 is 2.44 bits per heavy atom. The first-order chi connectivity index (χ1) is 16.2. The van der Waals surface area contributed by atoms with E-state index in [1.54, 1.807) is 12.1 Å². The standard InChI is InChI=1S/C22H24ClFN3O2.C2H2.CH2O.Sb/c1-13-7-9-19(24)18(15(13)3)11-20(22-26-25-16(4)29-22)27(5)12-28-21-10-17(23)8-6-14(21)2;2*1-2;/h6-11,20,25H,4,12H2,1-3,5H3;1-2H;1H2;. The van der Waals surface area contributed by atoms with Crippen LogP contribution >= 0.6 is 11.6 Å². The predicted octanol–water partition coefficient (Wildman–Crippen LogP) is 4.42. The summed E-state index contributed by atoms with van der Waals surface area (Å²) < 4.78 is 26.4. The van der Waals surface area contributed by atoms with Gasteiger partial charge in [0.2, 0.25) is 0 Å². The van der Waals surface area contributed by atoms with E-state index >= 15 is 0 Å². The van der Waals surface area contributed by atoms with E-state index in [0.717, 1.165) is 16.7 Å². The molecule has 1 unspecified atom stereocenters. The normalized spacial score (nSPS) is 13.8. The maximum atomic E-state index is 14.8. The van der Waals surface area contributed by atoms with Crippen molar-refractivity contribution in [3.8, 4) is 18.6 Å². The van der Waals surface area contributed by atoms with Gasteiger partial charge in [0.05, 0.1) is 0 Å². The van der Waals surface area contributed by atoms with Crippen molar-refractivity contribution in [2.24, 2.45) is 5.10 Å². The first-order valence-corrected chi connectivity index (χ1v) is 11.9. The molecule has 1 aliphatic heterocycles. The van der Waals surface area contributed by atoms with Crippen molar-refractivity contribution in [3.05, 3.63) is 75.9 Å². The van der Waals surface area contributed by atoms with Crippen LogP contribution in [0, 0.1) is 39.4 Å². The molecule has 0 saturated heterocycles. The van der Waals surface area contributed by atoms with Crippen molar-refractivity contribution >= 4 is 47.3 Å². The summed E-state index contributed by atoms with van der Waals surface area (Å²) >= 11 is 7.60. The van der Waals surface area contributed by atoms with Crippen LogP contribution in [0.1, 0.15) is 26.1 Å². The van der Waals surface area contributed by atoms with Gasteiger partial charge in [-0.05, 0) is 0 Å². The summed E-state index contributed by atoms with van der Waals surface area (Å²) in [4.78, 5) is 9.95. The SMILES string of the molecule is C#C.C=C1NN=C(C([C@H]([Sb])c2c(F)ccc(C)c2C)N(C)COc2cc(Cl)ccc2C)O1.C=O. The molecule has 0 amide bonds. The summed E-state index contributed by atoms with van der Waals surface area (Å²) in [6, 6.07) is 8.46. The molecule has 1 heterocycles. The summed E-state index contributed by atoms with van der Waals surface area (Å²) in [6.45, 7) is 11.9. The molecule has 1 aliphatic rings. The van der Waals surface area contributed by atoms with E-state index < -0.39 is 0 Å². The maximum Gasteiger partial charge on any atom is 0.106 e. The van der Waals surface area contributed by atoms with Crippen LogP contribution in [0.3, 0.4) is 0 Å². The smallest absolute Gasteiger partial charge is 0.106 e. The van der Waals surface area contributed by atoms with Gasteiger partial charge < -0.3 is 4.79 Å². The van der Waals surface area contributed by atoms with Crippen LogP contribution in [-0.2, 0) is 9.53 Å². The van der Waals surface area contributed by atoms with E-state index in [4.69, 9.17) is 25.9 Å². The Morgan fingerprint density at radius 2 is 1.85 bits per heavy atom. The summed E-state index contributed by atoms with van der Waals surface area (Å²) in [5.74, 6) is 1.23. The molecule has 2 aromatic carbocycles. The second-order valence-electron chi connectivity index (χ2n) is 7.32. The number of rotatable bonds is 7. The van der Waals surface area contributed by atoms with Crippen LogP contribution in [0.5, 0.6) is 5.75 Å². The van der Waals surface area contributed by atoms with E-state index in [1.807, 2.05) is 51.6 Å². The third-order valence-corrected chi connectivity index (χ3v) is 6.93. The molecular weight excluding hydrogens is 567 g/mol. The number of likely N-dealkylation sites (N-methyl/N-ethyl adjacent to an activating group) is 1. The van der Waals surface area contributed by atoms with Crippen molar-refractivity contribution in [1.82, 2.24) is 10.3 Å². The number of ether oxygens (including phenoxy) is 2. The Morgan fingerprint density at radius 1 is 1.24 bits per heavy atom. The topological polar surface area (TPSA) is 63.2 Å². The average molecular weight is 595 g/mol. The number of hydrogen-bond donors (Lipinski definition) is 1. The summed E-state index contributed by atoms with van der Waals surface area (Å²) in [7, 11) is 1.89. The molecule has 0 saturated carbocycles. The third-order valence-electron chi connectivity index (χ3n) is 5.15. The summed E-state index contributed by atoms with van der Waals surface area (Å²) in [5, 5.41) is 4.87. The molecule has 2 radical (unpaired) electrons. The van der Waals surface area contributed by atoms with Crippen molar-refractivity contribution in [2.75, 3.05) is 13.8 Å². The van der Waals surface area contributed by atoms with Gasteiger partial charge in [-0.2, -0.15) is 0 Å². The van der Waals surface area contributed by atoms with Crippen molar-refractivity contribution in [3.63, 3.8) is 0 Å². The van der Waals surface area contributed by atoms with Crippen LogP contribution in [0.2, 0.25) is 5.02 Å². The quantitative estimate of drug-likeness (QED) is 0.292. The Bertz CT molecular complexity index is 1060. The molecule has 6 nitrogen and oxygen atoms in total. The maximum absolute atomic E-state index is 14.8. The van der Waals surface area contributed by atoms with Crippen LogP contribution in [0.25, 0.3) is 0 Å². The van der Waals surface area contributed by atoms with E-state index in [2.05, 4.69) is 30.0 Å². The molecule has 0 bridgehead atoms. The first kappa shape index (κ1) is 29.5. The molecule has 0 aromatic heterocycles. The van der Waals surface area contributed by atoms with Crippen LogP contribution < -0.4 is 10.2 Å². The third kappa shape index (κ3) is 7.24. The molecule has 9 heteroatoms. The van der Waals surface area contributed by atoms with Gasteiger partial charge in [-0.25, -0.2) is 0 Å². The van der Waals surface area contributed by atoms with Crippen molar-refractivity contribution < 1.29 is 18.7 Å². The van der Waals surface area contributed by atoms with E-state index in [0.29, 0.717) is 28.1 Å². The fraction of sp³-hybridized carbons (Fsp3) is 0.280. The molecule has 0 aliphatic carbocycles. The van der Waals surface area contributed by atoms with Gasteiger partial charge >= 0.3 is 196 Å². The number of nitrogens with one attached hydrogen (secondary N) is 1. The zero-order valence-corrected chi connectivity index (χ0v) is 22.9. The summed E-state index contributed by atoms with van der Waals surface area (Å²) in [5.41, 5.74) is 6.34. The molecule has 2 aromatic rings. The number of carbonyl (C=O) groups is 1. The number of terminal acetylenes is 1. The molecule has 180 valence electrons. The number of hydrogen-bond acceptors (Lipinski definition) is 6. The van der Waals surface area contributed by atoms with Gasteiger partial charge in [-0.1, -0.05) is 0 Å². The largest absolute Gasteiger partial charge is 0.307 e. The molecular formula is C25H28ClFN3O3Sb. The Balaban J connectivity index is 0.00000137. The molecule has 34 heavy (non-hydrogen) atoms. The minimum atomic E-state index is -0.361. The monoisotopic (exact) mass is 593 g/mol. The zero-order valence-electron chi connectivity index (χ0n) is 19.6. The number of carbonyl (C=O) groups excluding carboxylic acids is 1. The van der Waals surface area contributed by atoms with Gasteiger partial charge in [-0.15, -0.1) is 12.8 Å². The molecule has 0 fully saturated rings. The van der Waals surface area contributed by atoms with Gasteiger partial charge in [0, 0.05) is 0 Å². The minimum absolute atomic E-state index is 0.209. The molecule has 0 spiro atoms. The Hall–Kier alpha value is -2.52. The van der Waals surface area contributed by atoms with Crippen LogP contribution in [-0.4, -0.2) is 60.4 Å². The first-order valence-electron chi connectivity index (χ1n) is 10.0. The zero-order chi connectivity index (χ0) is 26.0. The predicted molar refractivity (Wildman–Crippen MR) is 135 cm³/mol. The fourth-order valence-electron chi connectivity index (χ4n) is 3.29. The van der Waals surface area contributed by atoms with E-state index in [-0.39, 0.29) is 22.5 Å². The summed E-state index contributed by atoms with van der Waals surface area (Å²) in [6.07, 6.45) is 8.00. The Kier molecular flexibility index (Phi) is 12.2. The molecule has 1 N–H and O–H groups in total. The van der Waals surface area contributed by atoms with Gasteiger partial charge in [0.1, 0.15) is 6.79 Å². The van der Waals surface area contributed by atoms with Crippen molar-refractivity contribution in [2.45, 2.75) is 30.7 Å². The minimum Gasteiger partial charge on any atom is -0.307 e. The second-order valence-corrected chi connectivity index (χ2v) is 9.34. The number of halogens is 2. The number of nitrogens with zero attached hydrogens (tertiary/aromatic N) is 2. The van der Waals surface area contributed by atoms with Crippen LogP contribution in [0.15, 0.2) is 47.9 Å². The second kappa shape index (κ2) is 14.0. The number of aryl methyl sites for hydroxylation is 2. The fourth-order valence-corrected chi connectivity index (χ4v) is 5.37. The van der Waals surface area contributed by atoms with E-state index in [1.165, 1.54) is 29.1 Å². The van der Waals surface area contributed by atoms with E-state index in [9.17, 15) is 4.39 Å². The molecule has 3 rings (SSSR count). The van der Waals surface area contributed by atoms with Gasteiger partial charge in [-0.3, -0.25) is 0 Å². The Labute approximate surface area is 219 Å². The van der Waals surface area contributed by atoms with Crippen molar-refractivity contribution in [1.29, 1.82) is 0 Å². The van der Waals surface area contributed by atoms with Gasteiger partial charge in [0.25, 0.3) is 0 Å². The number of hydrazone groups is 1. The molecule has 2 atom stereocenters. The van der Waals surface area contributed by atoms with Crippen LogP contribution in [0.4, 0.5) is 4.39 Å². The number of benzene rings is 2. The average Bonchev–Trinajstić information content (AvgIpc) is 3.25. The van der Waals surface area contributed by atoms with Gasteiger partial charge in [0.15, 0.2) is 0 Å².